The second kappa shape index (κ2) is 9.59. The third-order valence-corrected chi connectivity index (χ3v) is 6.91. The van der Waals surface area contributed by atoms with Gasteiger partial charge in [-0.2, -0.15) is 28.2 Å². The molecule has 36 heavy (non-hydrogen) atoms. The number of fused-ring (bicyclic) bond motifs is 1. The van der Waals surface area contributed by atoms with Gasteiger partial charge in [-0.05, 0) is 37.0 Å². The third kappa shape index (κ3) is 4.58. The molecule has 2 aromatic heterocycles. The summed E-state index contributed by atoms with van der Waals surface area (Å²) in [7, 11) is 0. The highest BCUT2D eigenvalue weighted by Crippen LogP contribution is 2.34. The van der Waals surface area contributed by atoms with E-state index in [0.29, 0.717) is 49.9 Å². The fourth-order valence-electron chi connectivity index (χ4n) is 4.71. The van der Waals surface area contributed by atoms with Gasteiger partial charge in [-0.1, -0.05) is 17.7 Å². The van der Waals surface area contributed by atoms with Gasteiger partial charge in [-0.25, -0.2) is 4.98 Å². The molecule has 0 bridgehead atoms. The molecule has 0 N–H and O–H groups in total. The lowest BCUT2D eigenvalue weighted by atomic mass is 10.00. The summed E-state index contributed by atoms with van der Waals surface area (Å²) in [6, 6.07) is 5.36. The van der Waals surface area contributed by atoms with Crippen LogP contribution in [0.4, 0.5) is 18.9 Å². The van der Waals surface area contributed by atoms with Crippen LogP contribution in [0.15, 0.2) is 35.4 Å². The van der Waals surface area contributed by atoms with Crippen molar-refractivity contribution in [2.75, 3.05) is 18.1 Å². The Bertz CT molecular complexity index is 1390. The van der Waals surface area contributed by atoms with Crippen molar-refractivity contribution in [1.29, 1.82) is 5.26 Å². The number of hydrogen-bond acceptors (Lipinski definition) is 6. The molecule has 0 aliphatic carbocycles. The van der Waals surface area contributed by atoms with Gasteiger partial charge in [0.25, 0.3) is 5.56 Å². The van der Waals surface area contributed by atoms with Crippen LogP contribution in [0.1, 0.15) is 53.7 Å². The van der Waals surface area contributed by atoms with E-state index in [-0.39, 0.29) is 22.6 Å². The van der Waals surface area contributed by atoms with Gasteiger partial charge in [0, 0.05) is 38.0 Å². The van der Waals surface area contributed by atoms with Gasteiger partial charge in [0.05, 0.1) is 35.6 Å². The Hall–Kier alpha value is -3.36. The van der Waals surface area contributed by atoms with Crippen molar-refractivity contribution in [2.45, 2.75) is 51.2 Å². The first-order chi connectivity index (χ1) is 17.3. The summed E-state index contributed by atoms with van der Waals surface area (Å²) < 4.78 is 49.6. The number of hydrogen-bond donors (Lipinski definition) is 0. The minimum absolute atomic E-state index is 0.0211. The number of anilines is 1. The zero-order valence-corrected chi connectivity index (χ0v) is 19.9. The second-order valence-corrected chi connectivity index (χ2v) is 9.19. The molecule has 5 rings (SSSR count). The van der Waals surface area contributed by atoms with Gasteiger partial charge in [0.2, 0.25) is 0 Å². The molecule has 0 spiro atoms. The largest absolute Gasteiger partial charge is 0.416 e. The molecule has 1 atom stereocenters. The van der Waals surface area contributed by atoms with E-state index in [9.17, 15) is 18.0 Å². The molecule has 2 aliphatic heterocycles. The van der Waals surface area contributed by atoms with Gasteiger partial charge < -0.3 is 14.2 Å². The van der Waals surface area contributed by atoms with Gasteiger partial charge in [0.1, 0.15) is 10.8 Å². The number of halogens is 4. The number of nitrogens with zero attached hydrogens (tertiary/aromatic N) is 6. The Kier molecular flexibility index (Phi) is 6.49. The number of rotatable bonds is 4. The number of alkyl halides is 3. The van der Waals surface area contributed by atoms with Crippen LogP contribution in [0.3, 0.4) is 0 Å². The van der Waals surface area contributed by atoms with Crippen molar-refractivity contribution in [1.82, 2.24) is 19.3 Å². The average Bonchev–Trinajstić information content (AvgIpc) is 3.27. The first-order valence-corrected chi connectivity index (χ1v) is 11.9. The predicted molar refractivity (Wildman–Crippen MR) is 125 cm³/mol. The second-order valence-electron chi connectivity index (χ2n) is 8.81. The number of benzene rings is 1. The highest BCUT2D eigenvalue weighted by Gasteiger charge is 2.34. The Morgan fingerprint density at radius 1 is 1.22 bits per heavy atom. The summed E-state index contributed by atoms with van der Waals surface area (Å²) in [5, 5.41) is 13.3. The normalized spacial score (nSPS) is 18.1. The molecule has 0 radical (unpaired) electrons. The van der Waals surface area contributed by atoms with Crippen LogP contribution in [0, 0.1) is 11.3 Å². The van der Waals surface area contributed by atoms with E-state index in [1.807, 2.05) is 9.47 Å². The molecule has 0 amide bonds. The molecule has 188 valence electrons. The summed E-state index contributed by atoms with van der Waals surface area (Å²) in [5.41, 5.74) is -0.0945. The number of aromatic nitrogens is 4. The fourth-order valence-corrected chi connectivity index (χ4v) is 4.96. The van der Waals surface area contributed by atoms with Gasteiger partial charge in [0.15, 0.2) is 6.23 Å². The van der Waals surface area contributed by atoms with Gasteiger partial charge in [-0.3, -0.25) is 4.79 Å². The van der Waals surface area contributed by atoms with Crippen LogP contribution >= 0.6 is 11.6 Å². The average molecular weight is 519 g/mol. The highest BCUT2D eigenvalue weighted by atomic mass is 35.5. The van der Waals surface area contributed by atoms with E-state index < -0.39 is 23.5 Å². The van der Waals surface area contributed by atoms with Crippen molar-refractivity contribution in [3.8, 4) is 6.07 Å². The first kappa shape index (κ1) is 24.3. The molecule has 1 aromatic carbocycles. The van der Waals surface area contributed by atoms with Crippen LogP contribution < -0.4 is 10.5 Å². The van der Waals surface area contributed by atoms with Crippen molar-refractivity contribution >= 4 is 17.3 Å². The molecule has 8 nitrogen and oxygen atoms in total. The van der Waals surface area contributed by atoms with Gasteiger partial charge in [-0.15, -0.1) is 0 Å². The molecule has 12 heteroatoms. The minimum atomic E-state index is -4.57. The Balaban J connectivity index is 1.38. The van der Waals surface area contributed by atoms with Crippen LogP contribution in [-0.2, 0) is 30.4 Å². The first-order valence-electron chi connectivity index (χ1n) is 11.5. The van der Waals surface area contributed by atoms with Crippen molar-refractivity contribution < 1.29 is 17.9 Å². The Morgan fingerprint density at radius 2 is 2.06 bits per heavy atom. The lowest BCUT2D eigenvalue weighted by Crippen LogP contribution is -2.37. The quantitative estimate of drug-likeness (QED) is 0.512. The summed E-state index contributed by atoms with van der Waals surface area (Å²) in [6.07, 6.45) is 0.725. The summed E-state index contributed by atoms with van der Waals surface area (Å²) >= 11 is 6.45. The maximum atomic E-state index is 13.6. The molecule has 1 fully saturated rings. The van der Waals surface area contributed by atoms with E-state index in [1.54, 1.807) is 18.5 Å². The zero-order chi connectivity index (χ0) is 25.4. The van der Waals surface area contributed by atoms with Crippen LogP contribution in [0.25, 0.3) is 0 Å². The molecule has 0 saturated carbocycles. The minimum Gasteiger partial charge on any atom is -0.360 e. The highest BCUT2D eigenvalue weighted by molar-refractivity contribution is 6.33. The van der Waals surface area contributed by atoms with E-state index >= 15 is 0 Å². The number of nitriles is 1. The molecular formula is C24H22ClF3N6O2. The third-order valence-electron chi connectivity index (χ3n) is 6.56. The van der Waals surface area contributed by atoms with Crippen LogP contribution in [-0.4, -0.2) is 32.5 Å². The van der Waals surface area contributed by atoms with Crippen LogP contribution in [0.5, 0.6) is 0 Å². The van der Waals surface area contributed by atoms with E-state index in [2.05, 4.69) is 10.1 Å². The zero-order valence-electron chi connectivity index (χ0n) is 19.1. The molecule has 4 heterocycles. The summed E-state index contributed by atoms with van der Waals surface area (Å²) in [4.78, 5) is 19.2. The van der Waals surface area contributed by atoms with E-state index in [4.69, 9.17) is 21.6 Å². The summed E-state index contributed by atoms with van der Waals surface area (Å²) in [5.74, 6) is 0.648. The summed E-state index contributed by atoms with van der Waals surface area (Å²) in [6.45, 7) is 1.82. The number of imidazole rings is 1. The standard InChI is InChI=1S/C24H22ClF3N6O2/c25-22-19(13-31-34(23(22)35)21-3-1-2-8-36-21)32-6-7-33-17(12-30-20(33)14-32)10-16-5-4-15(11-29)9-18(16)24(26,27)28/h4-5,9,12-13,21H,1-3,6-8,10,14H2. The van der Waals surface area contributed by atoms with Gasteiger partial charge >= 0.3 is 6.18 Å². The predicted octanol–water partition coefficient (Wildman–Crippen LogP) is 4.29. The lowest BCUT2D eigenvalue weighted by Gasteiger charge is -2.31. The Labute approximate surface area is 209 Å². The van der Waals surface area contributed by atoms with Crippen molar-refractivity contribution in [2.24, 2.45) is 0 Å². The maximum Gasteiger partial charge on any atom is 0.416 e. The SMILES string of the molecule is N#Cc1ccc(Cc2cnc3n2CCN(c2cnn(C4CCCCO4)c(=O)c2Cl)C3)c(C(F)(F)F)c1. The molecular weight excluding hydrogens is 497 g/mol. The molecule has 2 aliphatic rings. The topological polar surface area (TPSA) is 89.0 Å². The number of ether oxygens (including phenoxy) is 1. The fraction of sp³-hybridized carbons (Fsp3) is 0.417. The molecule has 1 unspecified atom stereocenters. The smallest absolute Gasteiger partial charge is 0.360 e. The molecule has 3 aromatic rings. The monoisotopic (exact) mass is 518 g/mol. The van der Waals surface area contributed by atoms with Crippen molar-refractivity contribution in [3.05, 3.63) is 74.2 Å². The molecule has 1 saturated heterocycles. The van der Waals surface area contributed by atoms with Crippen LogP contribution in [0.2, 0.25) is 5.02 Å². The van der Waals surface area contributed by atoms with E-state index in [0.717, 1.165) is 18.9 Å². The van der Waals surface area contributed by atoms with E-state index in [1.165, 1.54) is 16.8 Å². The maximum absolute atomic E-state index is 13.6. The lowest BCUT2D eigenvalue weighted by molar-refractivity contribution is -0.138. The Morgan fingerprint density at radius 3 is 2.78 bits per heavy atom. The van der Waals surface area contributed by atoms with Crippen molar-refractivity contribution in [3.63, 3.8) is 0 Å².